The van der Waals surface area contributed by atoms with Gasteiger partial charge in [0.2, 0.25) is 0 Å². The first-order valence-corrected chi connectivity index (χ1v) is 7.05. The molecule has 0 aliphatic rings. The molecule has 0 aliphatic carbocycles. The van der Waals surface area contributed by atoms with E-state index < -0.39 is 17.8 Å². The number of nitrogens with one attached hydrogen (secondary N) is 2. The smallest absolute Gasteiger partial charge is 0.328 e. The summed E-state index contributed by atoms with van der Waals surface area (Å²) in [6.45, 7) is -0.316. The van der Waals surface area contributed by atoms with Crippen LogP contribution in [0.4, 0.5) is 0 Å². The second kappa shape index (κ2) is 8.42. The molecule has 0 bridgehead atoms. The van der Waals surface area contributed by atoms with Gasteiger partial charge in [-0.1, -0.05) is 15.9 Å². The van der Waals surface area contributed by atoms with Gasteiger partial charge in [0.05, 0.1) is 4.47 Å². The summed E-state index contributed by atoms with van der Waals surface area (Å²) in [5, 5.41) is 8.31. The van der Waals surface area contributed by atoms with Crippen LogP contribution < -0.4 is 15.6 Å². The van der Waals surface area contributed by atoms with Gasteiger partial charge in [-0.25, -0.2) is 4.79 Å². The molecule has 1 rings (SSSR count). The lowest BCUT2D eigenvalue weighted by Gasteiger charge is -2.09. The van der Waals surface area contributed by atoms with Crippen molar-refractivity contribution in [2.45, 2.75) is 0 Å². The third-order valence-corrected chi connectivity index (χ3v) is 3.07. The molecule has 1 aromatic carbocycles. The molecule has 9 heteroatoms. The van der Waals surface area contributed by atoms with Crippen LogP contribution in [0.2, 0.25) is 0 Å². The van der Waals surface area contributed by atoms with E-state index in [1.807, 2.05) is 5.43 Å². The highest BCUT2D eigenvalue weighted by Crippen LogP contribution is 2.27. The first-order chi connectivity index (χ1) is 9.88. The van der Waals surface area contributed by atoms with Crippen LogP contribution in [0.25, 0.3) is 0 Å². The maximum atomic E-state index is 11.4. The average molecular weight is 422 g/mol. The topological polar surface area (TPSA) is 105 Å². The molecule has 0 fully saturated rings. The Balaban J connectivity index is 2.37. The molecule has 0 aliphatic heterocycles. The quantitative estimate of drug-likeness (QED) is 0.492. The van der Waals surface area contributed by atoms with Gasteiger partial charge in [0.1, 0.15) is 5.75 Å². The summed E-state index contributed by atoms with van der Waals surface area (Å²) in [5.41, 5.74) is 4.08. The van der Waals surface area contributed by atoms with Crippen molar-refractivity contribution in [2.24, 2.45) is 0 Å². The highest BCUT2D eigenvalue weighted by atomic mass is 79.9. The number of aliphatic carboxylic acids is 1. The number of halogens is 2. The number of hydrogen-bond donors (Lipinski definition) is 3. The first-order valence-electron chi connectivity index (χ1n) is 5.46. The summed E-state index contributed by atoms with van der Waals surface area (Å²) in [4.78, 5) is 32.7. The summed E-state index contributed by atoms with van der Waals surface area (Å²) < 4.78 is 6.76. The van der Waals surface area contributed by atoms with Gasteiger partial charge in [0.15, 0.2) is 6.61 Å². The predicted octanol–water partition coefficient (Wildman–Crippen LogP) is 1.38. The van der Waals surface area contributed by atoms with Gasteiger partial charge in [-0.2, -0.15) is 0 Å². The first kappa shape index (κ1) is 17.2. The number of carboxylic acids is 1. The van der Waals surface area contributed by atoms with E-state index >= 15 is 0 Å². The van der Waals surface area contributed by atoms with E-state index in [1.165, 1.54) is 0 Å². The molecule has 2 amide bonds. The molecule has 0 spiro atoms. The van der Waals surface area contributed by atoms with Crippen molar-refractivity contribution in [3.63, 3.8) is 0 Å². The zero-order chi connectivity index (χ0) is 15.8. The minimum atomic E-state index is -1.26. The van der Waals surface area contributed by atoms with Crippen LogP contribution in [-0.4, -0.2) is 29.5 Å². The van der Waals surface area contributed by atoms with Crippen LogP contribution in [0.3, 0.4) is 0 Å². The van der Waals surface area contributed by atoms with Gasteiger partial charge in [0, 0.05) is 16.6 Å². The molecule has 3 N–H and O–H groups in total. The second-order valence-electron chi connectivity index (χ2n) is 3.57. The minimum Gasteiger partial charge on any atom is -0.483 e. The van der Waals surface area contributed by atoms with Crippen molar-refractivity contribution in [3.05, 3.63) is 39.3 Å². The third kappa shape index (κ3) is 6.91. The van der Waals surface area contributed by atoms with E-state index in [-0.39, 0.29) is 6.61 Å². The van der Waals surface area contributed by atoms with Crippen LogP contribution >= 0.6 is 31.9 Å². The Morgan fingerprint density at radius 1 is 1.19 bits per heavy atom. The van der Waals surface area contributed by atoms with Crippen molar-refractivity contribution >= 4 is 49.6 Å². The van der Waals surface area contributed by atoms with E-state index in [4.69, 9.17) is 9.84 Å². The van der Waals surface area contributed by atoms with E-state index in [0.717, 1.165) is 10.5 Å². The molecule has 0 saturated heterocycles. The molecule has 0 radical (unpaired) electrons. The van der Waals surface area contributed by atoms with Crippen molar-refractivity contribution in [3.8, 4) is 5.75 Å². The zero-order valence-electron chi connectivity index (χ0n) is 10.4. The Kier molecular flexibility index (Phi) is 6.89. The Morgan fingerprint density at radius 3 is 2.52 bits per heavy atom. The second-order valence-corrected chi connectivity index (χ2v) is 5.34. The molecular weight excluding hydrogens is 412 g/mol. The predicted molar refractivity (Wildman–Crippen MR) is 80.4 cm³/mol. The number of benzene rings is 1. The van der Waals surface area contributed by atoms with Crippen LogP contribution in [0.15, 0.2) is 39.3 Å². The summed E-state index contributed by atoms with van der Waals surface area (Å²) in [6.07, 6.45) is 1.42. The number of carbonyl (C=O) groups excluding carboxylic acids is 2. The number of ether oxygens (including phenoxy) is 1. The number of amides is 2. The van der Waals surface area contributed by atoms with Crippen LogP contribution in [0.5, 0.6) is 5.75 Å². The summed E-state index contributed by atoms with van der Waals surface area (Å²) >= 11 is 6.55. The molecule has 21 heavy (non-hydrogen) atoms. The van der Waals surface area contributed by atoms with Crippen molar-refractivity contribution in [1.82, 2.24) is 10.9 Å². The highest BCUT2D eigenvalue weighted by molar-refractivity contribution is 9.11. The number of hydrogen-bond acceptors (Lipinski definition) is 4. The van der Waals surface area contributed by atoms with Crippen LogP contribution in [0, 0.1) is 0 Å². The SMILES string of the molecule is O=C(O)C=CC(=O)NNC(=O)COc1ccc(Br)cc1Br. The number of carboxylic acid groups (broad SMARTS) is 1. The molecule has 0 atom stereocenters. The maximum Gasteiger partial charge on any atom is 0.328 e. The fourth-order valence-corrected chi connectivity index (χ4v) is 2.25. The van der Waals surface area contributed by atoms with Gasteiger partial charge in [-0.05, 0) is 34.1 Å². The molecule has 1 aromatic rings. The maximum absolute atomic E-state index is 11.4. The van der Waals surface area contributed by atoms with Gasteiger partial charge in [0.25, 0.3) is 11.8 Å². The summed E-state index contributed by atoms with van der Waals surface area (Å²) in [7, 11) is 0. The number of rotatable bonds is 5. The van der Waals surface area contributed by atoms with E-state index in [2.05, 4.69) is 37.3 Å². The fraction of sp³-hybridized carbons (Fsp3) is 0.0833. The van der Waals surface area contributed by atoms with Crippen molar-refractivity contribution in [1.29, 1.82) is 0 Å². The Labute approximate surface area is 136 Å². The third-order valence-electron chi connectivity index (χ3n) is 1.96. The van der Waals surface area contributed by atoms with E-state index in [1.54, 1.807) is 18.2 Å². The monoisotopic (exact) mass is 420 g/mol. The lowest BCUT2D eigenvalue weighted by atomic mass is 10.3. The summed E-state index contributed by atoms with van der Waals surface area (Å²) in [6, 6.07) is 5.16. The van der Waals surface area contributed by atoms with Gasteiger partial charge >= 0.3 is 5.97 Å². The lowest BCUT2D eigenvalue weighted by molar-refractivity contribution is -0.131. The standard InChI is InChI=1S/C12H10Br2N2O5/c13-7-1-2-9(8(14)5-7)21-6-11(18)16-15-10(17)3-4-12(19)20/h1-5H,6H2,(H,15,17)(H,16,18)(H,19,20). The number of hydrazine groups is 1. The number of carbonyl (C=O) groups is 3. The van der Waals surface area contributed by atoms with Crippen LogP contribution in [0.1, 0.15) is 0 Å². The zero-order valence-corrected chi connectivity index (χ0v) is 13.6. The lowest BCUT2D eigenvalue weighted by Crippen LogP contribution is -2.43. The van der Waals surface area contributed by atoms with Gasteiger partial charge in [-0.15, -0.1) is 0 Å². The fourth-order valence-electron chi connectivity index (χ4n) is 1.09. The van der Waals surface area contributed by atoms with Crippen LogP contribution in [-0.2, 0) is 14.4 Å². The molecule has 0 unspecified atom stereocenters. The van der Waals surface area contributed by atoms with E-state index in [9.17, 15) is 14.4 Å². The average Bonchev–Trinajstić information content (AvgIpc) is 2.41. The van der Waals surface area contributed by atoms with Gasteiger partial charge < -0.3 is 9.84 Å². The molecule has 112 valence electrons. The summed E-state index contributed by atoms with van der Waals surface area (Å²) in [5.74, 6) is -2.16. The Morgan fingerprint density at radius 2 is 1.90 bits per heavy atom. The van der Waals surface area contributed by atoms with Crippen molar-refractivity contribution < 1.29 is 24.2 Å². The van der Waals surface area contributed by atoms with Crippen molar-refractivity contribution in [2.75, 3.05) is 6.61 Å². The molecular formula is C12H10Br2N2O5. The highest BCUT2D eigenvalue weighted by Gasteiger charge is 2.06. The molecule has 0 saturated carbocycles. The molecule has 7 nitrogen and oxygen atoms in total. The van der Waals surface area contributed by atoms with Gasteiger partial charge in [-0.3, -0.25) is 20.4 Å². The minimum absolute atomic E-state index is 0.316. The normalized spacial score (nSPS) is 10.2. The van der Waals surface area contributed by atoms with E-state index in [0.29, 0.717) is 16.3 Å². The Hall–Kier alpha value is -1.87. The molecule has 0 aromatic heterocycles. The Bertz CT molecular complexity index is 589. The molecule has 0 heterocycles. The largest absolute Gasteiger partial charge is 0.483 e.